The Morgan fingerprint density at radius 2 is 0.968 bits per heavy atom. The maximum atomic E-state index is 11.9. The molecule has 18 nitrogen and oxygen atoms in total. The number of imidazole rings is 1. The van der Waals surface area contributed by atoms with Crippen LogP contribution in [0.5, 0.6) is 11.5 Å². The molecule has 7 aromatic heterocycles. The van der Waals surface area contributed by atoms with E-state index >= 15 is 0 Å². The molecule has 2 aromatic carbocycles. The predicted octanol–water partition coefficient (Wildman–Crippen LogP) is -0.496. The van der Waals surface area contributed by atoms with Gasteiger partial charge in [0.05, 0.1) is 47.4 Å². The average Bonchev–Trinajstić information content (AvgIpc) is 3.73. The topological polar surface area (TPSA) is 315 Å². The third-order valence-electron chi connectivity index (χ3n) is 6.78. The van der Waals surface area contributed by atoms with Gasteiger partial charge >= 0.3 is 19.5 Å². The first-order chi connectivity index (χ1) is 29.3. The number of nitrogens with zero attached hydrogens (tertiary/aromatic N) is 8. The number of halogens is 2. The van der Waals surface area contributed by atoms with E-state index in [2.05, 4.69) is 29.9 Å². The molecule has 0 aliphatic carbocycles. The van der Waals surface area contributed by atoms with E-state index in [1.54, 1.807) is 74.1 Å². The number of hydrogen-bond donors (Lipinski definition) is 2. The van der Waals surface area contributed by atoms with Crippen LogP contribution in [-0.2, 0) is 19.5 Å². The molecule has 62 heavy (non-hydrogen) atoms. The van der Waals surface area contributed by atoms with Crippen LogP contribution in [0.2, 0.25) is 0 Å². The molecule has 0 radical (unpaired) electrons. The van der Waals surface area contributed by atoms with Crippen molar-refractivity contribution in [2.45, 2.75) is 6.92 Å². The van der Waals surface area contributed by atoms with Crippen LogP contribution in [0, 0.1) is 20.5 Å². The van der Waals surface area contributed by atoms with Crippen molar-refractivity contribution < 1.29 is 87.1 Å². The van der Waals surface area contributed by atoms with Crippen LogP contribution >= 0.6 is 0 Å². The zero-order chi connectivity index (χ0) is 44.4. The van der Waals surface area contributed by atoms with E-state index in [4.69, 9.17) is 52.0 Å². The summed E-state index contributed by atoms with van der Waals surface area (Å²) in [6, 6.07) is 35.5. The zero-order valence-corrected chi connectivity index (χ0v) is 35.5. The minimum atomic E-state index is -4.69. The van der Waals surface area contributed by atoms with Crippen LogP contribution in [0.4, 0.5) is 0 Å². The Balaban J connectivity index is 0.000000305. The van der Waals surface area contributed by atoms with Gasteiger partial charge in [-0.3, -0.25) is 24.9 Å². The largest absolute Gasteiger partial charge is 2.00 e. The van der Waals surface area contributed by atoms with Gasteiger partial charge in [0, 0.05) is 66.7 Å². The molecule has 9 rings (SSSR count). The summed E-state index contributed by atoms with van der Waals surface area (Å²) in [5.74, 6) is 0.704. The molecule has 0 aliphatic heterocycles. The van der Waals surface area contributed by atoms with Crippen LogP contribution in [0.25, 0.3) is 44.2 Å². The molecule has 0 saturated carbocycles. The predicted molar refractivity (Wildman–Crippen MR) is 203 cm³/mol. The number of fused-ring (bicyclic) bond motifs is 6. The summed E-state index contributed by atoms with van der Waals surface area (Å²) in [6.45, 7) is 2.27. The number of benzene rings is 2. The minimum absolute atomic E-state index is 0. The maximum Gasteiger partial charge on any atom is 2.00 e. The van der Waals surface area contributed by atoms with Crippen LogP contribution < -0.4 is 42.8 Å². The van der Waals surface area contributed by atoms with Crippen molar-refractivity contribution in [3.8, 4) is 22.9 Å². The summed E-state index contributed by atoms with van der Waals surface area (Å²) in [6.07, 6.45) is 17.5. The molecule has 2 N–H and O–H groups in total. The third-order valence-corrected chi connectivity index (χ3v) is 6.78. The molecule has 0 aliphatic rings. The second-order valence-electron chi connectivity index (χ2n) is 11.0. The second kappa shape index (κ2) is 28.4. The summed E-state index contributed by atoms with van der Waals surface area (Å²) in [5, 5.41) is 13.7. The zero-order valence-electron chi connectivity index (χ0n) is 32.3. The molecular formula is C41H36Cl2N8O10Ru. The first-order valence-corrected chi connectivity index (χ1v) is 19.9. The van der Waals surface area contributed by atoms with E-state index in [1.165, 1.54) is 6.07 Å². The number of rotatable bonds is 3. The van der Waals surface area contributed by atoms with Crippen LogP contribution in [0.1, 0.15) is 6.92 Å². The van der Waals surface area contributed by atoms with Gasteiger partial charge in [-0.1, -0.05) is 54.3 Å². The molecule has 9 aromatic rings. The first kappa shape index (κ1) is 52.0. The molecular weight excluding hydrogens is 936 g/mol. The Morgan fingerprint density at radius 3 is 1.35 bits per heavy atom. The molecule has 0 unspecified atom stereocenters. The summed E-state index contributed by atoms with van der Waals surface area (Å²) in [5.41, 5.74) is 3.90. The monoisotopic (exact) mass is 972 g/mol. The fourth-order valence-corrected chi connectivity index (χ4v) is 4.58. The van der Waals surface area contributed by atoms with Gasteiger partial charge in [0.1, 0.15) is 11.3 Å². The molecule has 0 atom stereocenters. The fourth-order valence-electron chi connectivity index (χ4n) is 4.58. The van der Waals surface area contributed by atoms with Crippen LogP contribution in [0.15, 0.2) is 177 Å². The summed E-state index contributed by atoms with van der Waals surface area (Å²) in [7, 11) is -9.39. The SMILES string of the molecule is CCOc1cc(-c2nc3c4cccnc4c4[n-]cccc4c3n2)ccc1[O-].[O-][Cl+3]([O-])([O-])O.[O-][Cl+3]([O-])([O-])O.[Ru+2].c1ccncc1.c1ccncc1.c1ccncc1.c1ccncc1. The van der Waals surface area contributed by atoms with Gasteiger partial charge in [0.15, 0.2) is 5.82 Å². The van der Waals surface area contributed by atoms with Gasteiger partial charge in [-0.15, -0.1) is 5.52 Å². The van der Waals surface area contributed by atoms with Gasteiger partial charge < -0.3 is 14.8 Å². The van der Waals surface area contributed by atoms with Crippen molar-refractivity contribution in [2.75, 3.05) is 6.61 Å². The summed E-state index contributed by atoms with van der Waals surface area (Å²) >= 11 is 0. The Labute approximate surface area is 371 Å². The van der Waals surface area contributed by atoms with Gasteiger partial charge in [-0.2, -0.15) is 34.2 Å². The van der Waals surface area contributed by atoms with E-state index in [1.807, 2.05) is 104 Å². The Kier molecular flexibility index (Phi) is 23.8. The molecule has 0 fully saturated rings. The van der Waals surface area contributed by atoms with E-state index in [0.29, 0.717) is 18.2 Å². The molecule has 0 amide bonds. The Bertz CT molecular complexity index is 2200. The molecule has 0 bridgehead atoms. The van der Waals surface area contributed by atoms with E-state index in [0.717, 1.165) is 38.4 Å². The summed E-state index contributed by atoms with van der Waals surface area (Å²) in [4.78, 5) is 33.7. The van der Waals surface area contributed by atoms with Gasteiger partial charge in [0.2, 0.25) is 0 Å². The number of ether oxygens (including phenoxy) is 1. The van der Waals surface area contributed by atoms with Crippen molar-refractivity contribution in [3.05, 3.63) is 177 Å². The molecule has 7 heterocycles. The maximum absolute atomic E-state index is 11.9. The fraction of sp³-hybridized carbons (Fsp3) is 0.0488. The van der Waals surface area contributed by atoms with Crippen LogP contribution in [-0.4, -0.2) is 50.8 Å². The normalized spacial score (nSPS) is 10.0. The number of aromatic nitrogens is 8. The first-order valence-electron chi connectivity index (χ1n) is 17.3. The van der Waals surface area contributed by atoms with Crippen molar-refractivity contribution in [1.82, 2.24) is 39.9 Å². The standard InChI is InChI=1S/C21H15N4O2.4C5H5N.2ClHO4.Ru/c1-2-27-16-11-12(7-8-15(16)26)21-24-19-13-5-3-9-22-17(13)18-14(20(19)25-21)6-4-10-23-18;4*1-2-4-6-5-3-1;2*2-1(3,4)5;/h3-11H,2H2,1H3,(H-,22,23,24,25,26);4*1-5H;2*(H,2,3,4,5);/q-1;;;;;;;+2/p-1. The van der Waals surface area contributed by atoms with Crippen molar-refractivity contribution in [3.63, 3.8) is 0 Å². The summed E-state index contributed by atoms with van der Waals surface area (Å²) < 4.78 is 70.9. The van der Waals surface area contributed by atoms with E-state index in [9.17, 15) is 5.11 Å². The molecule has 0 saturated heterocycles. The number of pyridine rings is 6. The van der Waals surface area contributed by atoms with E-state index in [-0.39, 0.29) is 25.2 Å². The molecule has 322 valence electrons. The van der Waals surface area contributed by atoms with Gasteiger partial charge in [0.25, 0.3) is 0 Å². The average molecular weight is 973 g/mol. The third kappa shape index (κ3) is 21.4. The van der Waals surface area contributed by atoms with E-state index < -0.39 is 20.5 Å². The quantitative estimate of drug-likeness (QED) is 0.167. The van der Waals surface area contributed by atoms with Crippen molar-refractivity contribution in [2.24, 2.45) is 0 Å². The van der Waals surface area contributed by atoms with Gasteiger partial charge in [-0.25, -0.2) is 9.97 Å². The van der Waals surface area contributed by atoms with Gasteiger partial charge in [-0.05, 0) is 79.0 Å². The Morgan fingerprint density at radius 1 is 0.548 bits per heavy atom. The van der Waals surface area contributed by atoms with Crippen LogP contribution in [0.3, 0.4) is 0 Å². The number of hydrogen-bond acceptors (Lipinski definition) is 17. The van der Waals surface area contributed by atoms with Crippen molar-refractivity contribution in [1.29, 1.82) is 0 Å². The Hall–Kier alpha value is -6.19. The van der Waals surface area contributed by atoms with Crippen molar-refractivity contribution >= 4 is 32.8 Å². The smallest absolute Gasteiger partial charge is 0.870 e. The molecule has 21 heteroatoms. The minimum Gasteiger partial charge on any atom is -0.870 e. The molecule has 0 spiro atoms. The second-order valence-corrected chi connectivity index (χ2v) is 12.6.